The second kappa shape index (κ2) is 6.53. The summed E-state index contributed by atoms with van der Waals surface area (Å²) < 4.78 is 0. The SMILES string of the molecule is C[C@@H](NC(=O)c1ccc(Cl)nc1)c1nc(-c2ccncc2)n[nH]1. The van der Waals surface area contributed by atoms with E-state index in [0.717, 1.165) is 5.56 Å². The molecule has 0 spiro atoms. The molecule has 0 fully saturated rings. The fraction of sp³-hybridized carbons (Fsp3) is 0.133. The van der Waals surface area contributed by atoms with Crippen LogP contribution in [-0.2, 0) is 0 Å². The van der Waals surface area contributed by atoms with Gasteiger partial charge >= 0.3 is 0 Å². The summed E-state index contributed by atoms with van der Waals surface area (Å²) in [6, 6.07) is 6.48. The quantitative estimate of drug-likeness (QED) is 0.717. The van der Waals surface area contributed by atoms with E-state index in [9.17, 15) is 4.79 Å². The highest BCUT2D eigenvalue weighted by Gasteiger charge is 2.16. The van der Waals surface area contributed by atoms with Crippen molar-refractivity contribution in [1.82, 2.24) is 30.5 Å². The van der Waals surface area contributed by atoms with Gasteiger partial charge in [-0.25, -0.2) is 9.97 Å². The largest absolute Gasteiger partial charge is 0.342 e. The molecule has 0 aliphatic carbocycles. The third-order valence-electron chi connectivity index (χ3n) is 3.19. The van der Waals surface area contributed by atoms with E-state index in [1.165, 1.54) is 6.20 Å². The van der Waals surface area contributed by atoms with E-state index in [1.54, 1.807) is 24.5 Å². The van der Waals surface area contributed by atoms with Crippen LogP contribution in [0.15, 0.2) is 42.9 Å². The van der Waals surface area contributed by atoms with Crippen LogP contribution in [0.4, 0.5) is 0 Å². The van der Waals surface area contributed by atoms with Crippen molar-refractivity contribution in [2.24, 2.45) is 0 Å². The zero-order chi connectivity index (χ0) is 16.2. The molecule has 0 bridgehead atoms. The Morgan fingerprint density at radius 2 is 2.04 bits per heavy atom. The molecule has 1 amide bonds. The molecule has 0 aliphatic heterocycles. The van der Waals surface area contributed by atoms with Gasteiger partial charge in [-0.05, 0) is 31.2 Å². The van der Waals surface area contributed by atoms with Crippen LogP contribution in [0.1, 0.15) is 29.1 Å². The molecule has 116 valence electrons. The average molecular weight is 329 g/mol. The number of hydrogen-bond donors (Lipinski definition) is 2. The van der Waals surface area contributed by atoms with Gasteiger partial charge in [0.05, 0.1) is 11.6 Å². The number of pyridine rings is 2. The zero-order valence-corrected chi connectivity index (χ0v) is 12.9. The first-order valence-electron chi connectivity index (χ1n) is 6.88. The van der Waals surface area contributed by atoms with E-state index in [2.05, 4.69) is 30.5 Å². The lowest BCUT2D eigenvalue weighted by Crippen LogP contribution is -2.27. The number of rotatable bonds is 4. The van der Waals surface area contributed by atoms with Crippen LogP contribution in [0.2, 0.25) is 5.15 Å². The summed E-state index contributed by atoms with van der Waals surface area (Å²) in [7, 11) is 0. The van der Waals surface area contributed by atoms with E-state index < -0.39 is 0 Å². The molecule has 2 N–H and O–H groups in total. The van der Waals surface area contributed by atoms with Gasteiger partial charge < -0.3 is 5.32 Å². The van der Waals surface area contributed by atoms with Crippen LogP contribution in [-0.4, -0.2) is 31.1 Å². The number of hydrogen-bond acceptors (Lipinski definition) is 5. The van der Waals surface area contributed by atoms with Gasteiger partial charge in [0.1, 0.15) is 11.0 Å². The molecule has 0 aliphatic rings. The van der Waals surface area contributed by atoms with Crippen LogP contribution in [0.25, 0.3) is 11.4 Å². The Morgan fingerprint density at radius 3 is 2.74 bits per heavy atom. The minimum absolute atomic E-state index is 0.261. The maximum atomic E-state index is 12.2. The summed E-state index contributed by atoms with van der Waals surface area (Å²) in [5.74, 6) is 0.854. The Kier molecular flexibility index (Phi) is 4.29. The number of nitrogens with one attached hydrogen (secondary N) is 2. The number of halogens is 1. The molecule has 23 heavy (non-hydrogen) atoms. The molecule has 0 radical (unpaired) electrons. The smallest absolute Gasteiger partial charge is 0.253 e. The number of amides is 1. The molecule has 0 aromatic carbocycles. The van der Waals surface area contributed by atoms with Crippen molar-refractivity contribution in [1.29, 1.82) is 0 Å². The molecule has 8 heteroatoms. The van der Waals surface area contributed by atoms with Crippen molar-refractivity contribution in [2.45, 2.75) is 13.0 Å². The highest BCUT2D eigenvalue weighted by molar-refractivity contribution is 6.29. The molecule has 0 unspecified atom stereocenters. The van der Waals surface area contributed by atoms with Gasteiger partial charge in [-0.3, -0.25) is 14.9 Å². The second-order valence-electron chi connectivity index (χ2n) is 4.84. The standard InChI is InChI=1S/C15H13ClN6O/c1-9(19-15(23)11-2-3-12(16)18-8-11)13-20-14(22-21-13)10-4-6-17-7-5-10/h2-9H,1H3,(H,19,23)(H,20,21,22)/t9-/m1/s1. The lowest BCUT2D eigenvalue weighted by Gasteiger charge is -2.10. The van der Waals surface area contributed by atoms with E-state index in [4.69, 9.17) is 11.6 Å². The Labute approximate surface area is 137 Å². The van der Waals surface area contributed by atoms with Crippen molar-refractivity contribution < 1.29 is 4.79 Å². The van der Waals surface area contributed by atoms with E-state index in [1.807, 2.05) is 19.1 Å². The summed E-state index contributed by atoms with van der Waals surface area (Å²) >= 11 is 5.71. The molecule has 7 nitrogen and oxygen atoms in total. The number of aromatic amines is 1. The summed E-state index contributed by atoms with van der Waals surface area (Å²) in [6.07, 6.45) is 4.77. The van der Waals surface area contributed by atoms with Gasteiger partial charge in [0.25, 0.3) is 5.91 Å². The molecule has 0 saturated heterocycles. The summed E-state index contributed by atoms with van der Waals surface area (Å²) in [5.41, 5.74) is 1.28. The maximum absolute atomic E-state index is 12.2. The molecular weight excluding hydrogens is 316 g/mol. The zero-order valence-electron chi connectivity index (χ0n) is 12.2. The van der Waals surface area contributed by atoms with E-state index >= 15 is 0 Å². The predicted octanol–water partition coefficient (Wildman–Crippen LogP) is 2.41. The number of nitrogens with zero attached hydrogens (tertiary/aromatic N) is 4. The summed E-state index contributed by atoms with van der Waals surface area (Å²) in [4.78, 5) is 24.4. The van der Waals surface area contributed by atoms with Crippen LogP contribution < -0.4 is 5.32 Å². The molecular formula is C15H13ClN6O. The third-order valence-corrected chi connectivity index (χ3v) is 3.41. The number of carbonyl (C=O) groups is 1. The van der Waals surface area contributed by atoms with Gasteiger partial charge in [0.15, 0.2) is 5.82 Å². The van der Waals surface area contributed by atoms with Gasteiger partial charge in [-0.15, -0.1) is 0 Å². The second-order valence-corrected chi connectivity index (χ2v) is 5.23. The first kappa shape index (κ1) is 15.1. The van der Waals surface area contributed by atoms with E-state index in [-0.39, 0.29) is 11.9 Å². The molecule has 0 saturated carbocycles. The minimum atomic E-state index is -0.332. The number of aromatic nitrogens is 5. The van der Waals surface area contributed by atoms with Crippen LogP contribution in [0.5, 0.6) is 0 Å². The normalized spacial score (nSPS) is 11.9. The number of carbonyl (C=O) groups excluding carboxylic acids is 1. The minimum Gasteiger partial charge on any atom is -0.342 e. The van der Waals surface area contributed by atoms with Gasteiger partial charge in [0.2, 0.25) is 0 Å². The molecule has 1 atom stereocenters. The molecule has 3 rings (SSSR count). The molecule has 3 aromatic rings. The molecule has 3 heterocycles. The Balaban J connectivity index is 1.71. The van der Waals surface area contributed by atoms with Crippen LogP contribution in [0.3, 0.4) is 0 Å². The lowest BCUT2D eigenvalue weighted by molar-refractivity contribution is 0.0938. The van der Waals surface area contributed by atoms with Crippen molar-refractivity contribution in [3.8, 4) is 11.4 Å². The first-order valence-corrected chi connectivity index (χ1v) is 7.26. The van der Waals surface area contributed by atoms with Gasteiger partial charge in [-0.2, -0.15) is 5.10 Å². The van der Waals surface area contributed by atoms with E-state index in [0.29, 0.717) is 22.4 Å². The number of H-pyrrole nitrogens is 1. The van der Waals surface area contributed by atoms with Crippen molar-refractivity contribution >= 4 is 17.5 Å². The molecule has 3 aromatic heterocycles. The third kappa shape index (κ3) is 3.51. The maximum Gasteiger partial charge on any atom is 0.253 e. The topological polar surface area (TPSA) is 96.5 Å². The summed E-state index contributed by atoms with van der Waals surface area (Å²) in [6.45, 7) is 1.82. The highest BCUT2D eigenvalue weighted by atomic mass is 35.5. The monoisotopic (exact) mass is 328 g/mol. The van der Waals surface area contributed by atoms with Gasteiger partial charge in [-0.1, -0.05) is 11.6 Å². The fourth-order valence-corrected chi connectivity index (χ4v) is 2.07. The van der Waals surface area contributed by atoms with Crippen molar-refractivity contribution in [2.75, 3.05) is 0 Å². The Bertz CT molecular complexity index is 802. The van der Waals surface area contributed by atoms with Gasteiger partial charge in [0, 0.05) is 24.2 Å². The average Bonchev–Trinajstić information content (AvgIpc) is 3.06. The van der Waals surface area contributed by atoms with Crippen LogP contribution >= 0.6 is 11.6 Å². The van der Waals surface area contributed by atoms with Crippen molar-refractivity contribution in [3.05, 3.63) is 59.4 Å². The summed E-state index contributed by atoms with van der Waals surface area (Å²) in [5, 5.41) is 10.2. The Hall–Kier alpha value is -2.80. The van der Waals surface area contributed by atoms with Crippen LogP contribution in [0, 0.1) is 0 Å². The first-order chi connectivity index (χ1) is 11.1. The van der Waals surface area contributed by atoms with Crippen molar-refractivity contribution in [3.63, 3.8) is 0 Å². The lowest BCUT2D eigenvalue weighted by atomic mass is 10.2. The fourth-order valence-electron chi connectivity index (χ4n) is 1.96. The highest BCUT2D eigenvalue weighted by Crippen LogP contribution is 2.16. The Morgan fingerprint density at radius 1 is 1.26 bits per heavy atom. The predicted molar refractivity (Wildman–Crippen MR) is 84.7 cm³/mol.